The zero-order valence-corrected chi connectivity index (χ0v) is 15.8. The molecule has 4 rings (SSSR count). The molecule has 6 heteroatoms. The first-order valence-electron chi connectivity index (χ1n) is 9.47. The largest absolute Gasteiger partial charge is 0.322 e. The van der Waals surface area contributed by atoms with Gasteiger partial charge in [0.1, 0.15) is 5.69 Å². The van der Waals surface area contributed by atoms with Crippen molar-refractivity contribution in [2.45, 2.75) is 18.9 Å². The lowest BCUT2D eigenvalue weighted by Gasteiger charge is -2.23. The summed E-state index contributed by atoms with van der Waals surface area (Å²) in [7, 11) is 1.83. The van der Waals surface area contributed by atoms with E-state index in [1.54, 1.807) is 4.68 Å². The molecule has 2 heterocycles. The van der Waals surface area contributed by atoms with Crippen LogP contribution in [0, 0.1) is 0 Å². The quantitative estimate of drug-likeness (QED) is 0.746. The van der Waals surface area contributed by atoms with Crippen LogP contribution in [-0.2, 0) is 7.05 Å². The van der Waals surface area contributed by atoms with E-state index in [-0.39, 0.29) is 12.1 Å². The van der Waals surface area contributed by atoms with Gasteiger partial charge in [-0.25, -0.2) is 4.79 Å². The summed E-state index contributed by atoms with van der Waals surface area (Å²) in [6.07, 6.45) is 8.06. The number of nitrogens with one attached hydrogen (secondary N) is 1. The van der Waals surface area contributed by atoms with E-state index < -0.39 is 0 Å². The number of carbonyl (C=O) groups is 1. The monoisotopic (exact) mass is 373 g/mol. The molecular formula is C22H23N5O. The molecule has 3 aromatic rings. The standard InChI is InChI=1S/C22H23N5O/c1-26-16-21(24-25-26)18-9-5-10-19(15-18)23-22(28)27-14-6-11-20(27)13-12-17-7-3-2-4-8-17/h2-5,7-10,12-13,15-16,20H,6,11,14H2,1H3,(H,23,28)/b13-12+. The molecule has 0 bridgehead atoms. The SMILES string of the molecule is Cn1cc(-c2cccc(NC(=O)N3CCCC3/C=C/c3ccccc3)c2)nn1. The summed E-state index contributed by atoms with van der Waals surface area (Å²) in [6, 6.07) is 17.9. The molecule has 2 amide bonds. The molecule has 0 radical (unpaired) electrons. The lowest BCUT2D eigenvalue weighted by Crippen LogP contribution is -2.37. The minimum absolute atomic E-state index is 0.0727. The minimum atomic E-state index is -0.0727. The molecule has 142 valence electrons. The molecule has 0 saturated carbocycles. The van der Waals surface area contributed by atoms with E-state index >= 15 is 0 Å². The van der Waals surface area contributed by atoms with Gasteiger partial charge in [-0.2, -0.15) is 0 Å². The van der Waals surface area contributed by atoms with Crippen molar-refractivity contribution in [3.05, 3.63) is 72.4 Å². The van der Waals surface area contributed by atoms with Crippen molar-refractivity contribution in [3.8, 4) is 11.3 Å². The highest BCUT2D eigenvalue weighted by Gasteiger charge is 2.26. The molecule has 1 aromatic heterocycles. The Morgan fingerprint density at radius 3 is 2.82 bits per heavy atom. The zero-order valence-electron chi connectivity index (χ0n) is 15.8. The summed E-state index contributed by atoms with van der Waals surface area (Å²) in [5, 5.41) is 11.1. The van der Waals surface area contributed by atoms with Crippen LogP contribution < -0.4 is 5.32 Å². The average molecular weight is 373 g/mol. The van der Waals surface area contributed by atoms with Crippen molar-refractivity contribution >= 4 is 17.8 Å². The van der Waals surface area contributed by atoms with E-state index in [0.717, 1.165) is 41.9 Å². The molecule has 1 fully saturated rings. The molecule has 1 N–H and O–H groups in total. The molecule has 2 aromatic carbocycles. The lowest BCUT2D eigenvalue weighted by atomic mass is 10.1. The van der Waals surface area contributed by atoms with Gasteiger partial charge in [0.25, 0.3) is 0 Å². The van der Waals surface area contributed by atoms with E-state index in [2.05, 4.69) is 39.9 Å². The van der Waals surface area contributed by atoms with Crippen molar-refractivity contribution in [3.63, 3.8) is 0 Å². The van der Waals surface area contributed by atoms with Gasteiger partial charge < -0.3 is 10.2 Å². The fourth-order valence-corrected chi connectivity index (χ4v) is 3.46. The summed E-state index contributed by atoms with van der Waals surface area (Å²) < 4.78 is 1.66. The van der Waals surface area contributed by atoms with E-state index in [1.165, 1.54) is 0 Å². The Bertz CT molecular complexity index is 979. The molecule has 6 nitrogen and oxygen atoms in total. The fraction of sp³-hybridized carbons (Fsp3) is 0.227. The Labute approximate surface area is 164 Å². The number of amides is 2. The number of hydrogen-bond donors (Lipinski definition) is 1. The first-order valence-corrected chi connectivity index (χ1v) is 9.47. The number of urea groups is 1. The van der Waals surface area contributed by atoms with Gasteiger partial charge in [0, 0.05) is 24.8 Å². The second kappa shape index (κ2) is 8.08. The third kappa shape index (κ3) is 4.11. The number of benzene rings is 2. The summed E-state index contributed by atoms with van der Waals surface area (Å²) in [6.45, 7) is 0.763. The lowest BCUT2D eigenvalue weighted by molar-refractivity contribution is 0.214. The van der Waals surface area contributed by atoms with Crippen LogP contribution in [0.25, 0.3) is 17.3 Å². The van der Waals surface area contributed by atoms with Crippen LogP contribution in [0.2, 0.25) is 0 Å². The Morgan fingerprint density at radius 1 is 1.18 bits per heavy atom. The maximum atomic E-state index is 12.8. The maximum Gasteiger partial charge on any atom is 0.322 e. The van der Waals surface area contributed by atoms with E-state index in [9.17, 15) is 4.79 Å². The topological polar surface area (TPSA) is 63.1 Å². The maximum absolute atomic E-state index is 12.8. The second-order valence-electron chi connectivity index (χ2n) is 6.96. The van der Waals surface area contributed by atoms with E-state index in [1.807, 2.05) is 60.6 Å². The van der Waals surface area contributed by atoms with Crippen LogP contribution >= 0.6 is 0 Å². The number of nitrogens with zero attached hydrogens (tertiary/aromatic N) is 4. The van der Waals surface area contributed by atoms with E-state index in [0.29, 0.717) is 0 Å². The van der Waals surface area contributed by atoms with Crippen LogP contribution in [-0.4, -0.2) is 38.5 Å². The van der Waals surface area contributed by atoms with Gasteiger partial charge in [0.05, 0.1) is 12.2 Å². The van der Waals surface area contributed by atoms with Gasteiger partial charge in [-0.15, -0.1) is 5.10 Å². The van der Waals surface area contributed by atoms with Crippen LogP contribution in [0.5, 0.6) is 0 Å². The molecule has 1 aliphatic rings. The molecule has 1 saturated heterocycles. The van der Waals surface area contributed by atoms with Crippen molar-refractivity contribution in [1.82, 2.24) is 19.9 Å². The molecule has 1 unspecified atom stereocenters. The summed E-state index contributed by atoms with van der Waals surface area (Å²) in [4.78, 5) is 14.7. The van der Waals surface area contributed by atoms with Gasteiger partial charge in [-0.1, -0.05) is 59.8 Å². The molecule has 28 heavy (non-hydrogen) atoms. The highest BCUT2D eigenvalue weighted by atomic mass is 16.2. The molecule has 0 aliphatic carbocycles. The van der Waals surface area contributed by atoms with E-state index in [4.69, 9.17) is 0 Å². The van der Waals surface area contributed by atoms with Crippen molar-refractivity contribution in [2.75, 3.05) is 11.9 Å². The third-order valence-corrected chi connectivity index (χ3v) is 4.88. The Kier molecular flexibility index (Phi) is 5.19. The first-order chi connectivity index (χ1) is 13.7. The van der Waals surface area contributed by atoms with Gasteiger partial charge in [-0.05, 0) is 30.5 Å². The fourth-order valence-electron chi connectivity index (χ4n) is 3.46. The normalized spacial score (nSPS) is 16.6. The van der Waals surface area contributed by atoms with Gasteiger partial charge in [0.2, 0.25) is 0 Å². The number of likely N-dealkylation sites (tertiary alicyclic amines) is 1. The number of hydrogen-bond acceptors (Lipinski definition) is 3. The first kappa shape index (κ1) is 18.0. The average Bonchev–Trinajstić information content (AvgIpc) is 3.36. The third-order valence-electron chi connectivity index (χ3n) is 4.88. The van der Waals surface area contributed by atoms with Crippen LogP contribution in [0.1, 0.15) is 18.4 Å². The van der Waals surface area contributed by atoms with Crippen molar-refractivity contribution < 1.29 is 4.79 Å². The van der Waals surface area contributed by atoms with Crippen LogP contribution in [0.3, 0.4) is 0 Å². The summed E-state index contributed by atoms with van der Waals surface area (Å²) >= 11 is 0. The van der Waals surface area contributed by atoms with Gasteiger partial charge >= 0.3 is 6.03 Å². The Hall–Kier alpha value is -3.41. The highest BCUT2D eigenvalue weighted by molar-refractivity contribution is 5.90. The molecular weight excluding hydrogens is 350 g/mol. The van der Waals surface area contributed by atoms with Crippen molar-refractivity contribution in [1.29, 1.82) is 0 Å². The number of aryl methyl sites for hydroxylation is 1. The molecule has 0 spiro atoms. The number of carbonyl (C=O) groups excluding carboxylic acids is 1. The zero-order chi connectivity index (χ0) is 19.3. The molecule has 1 atom stereocenters. The van der Waals surface area contributed by atoms with Crippen LogP contribution in [0.4, 0.5) is 10.5 Å². The van der Waals surface area contributed by atoms with Crippen LogP contribution in [0.15, 0.2) is 66.9 Å². The number of anilines is 1. The summed E-state index contributed by atoms with van der Waals surface area (Å²) in [5.41, 5.74) is 3.61. The van der Waals surface area contributed by atoms with Gasteiger partial charge in [-0.3, -0.25) is 4.68 Å². The summed E-state index contributed by atoms with van der Waals surface area (Å²) in [5.74, 6) is 0. The van der Waals surface area contributed by atoms with Gasteiger partial charge in [0.15, 0.2) is 0 Å². The minimum Gasteiger partial charge on any atom is -0.318 e. The van der Waals surface area contributed by atoms with Crippen molar-refractivity contribution in [2.24, 2.45) is 7.05 Å². The Balaban J connectivity index is 1.45. The Morgan fingerprint density at radius 2 is 2.04 bits per heavy atom. The second-order valence-corrected chi connectivity index (χ2v) is 6.96. The number of aromatic nitrogens is 3. The molecule has 1 aliphatic heterocycles. The predicted octanol–water partition coefficient (Wildman–Crippen LogP) is 4.19. The highest BCUT2D eigenvalue weighted by Crippen LogP contribution is 2.23. The predicted molar refractivity (Wildman–Crippen MR) is 111 cm³/mol. The number of rotatable bonds is 4. The smallest absolute Gasteiger partial charge is 0.318 e.